The molecule has 0 bridgehead atoms. The van der Waals surface area contributed by atoms with Gasteiger partial charge in [0, 0.05) is 25.4 Å². The van der Waals surface area contributed by atoms with E-state index in [2.05, 4.69) is 14.4 Å². The van der Waals surface area contributed by atoms with Crippen LogP contribution in [0.25, 0.3) is 15.8 Å². The number of hydrogen-bond acceptors (Lipinski definition) is 2. The van der Waals surface area contributed by atoms with Gasteiger partial charge in [-0.05, 0) is 24.6 Å². The lowest BCUT2D eigenvalue weighted by Crippen LogP contribution is -2.57. The van der Waals surface area contributed by atoms with E-state index in [0.29, 0.717) is 6.08 Å². The second-order valence-electron chi connectivity index (χ2n) is 7.27. The maximum atomic E-state index is 13.8. The lowest BCUT2D eigenvalue weighted by molar-refractivity contribution is -0.350. The minimum Gasteiger partial charge on any atom is -0.489 e. The molecule has 4 nitrogen and oxygen atoms in total. The van der Waals surface area contributed by atoms with Crippen molar-refractivity contribution in [2.45, 2.75) is 24.9 Å². The Labute approximate surface area is 193 Å². The number of nitrogens with zero attached hydrogens (tertiary/aromatic N) is 3. The standard InChI is InChI=1S/C24H19F6N3O/c1-16(31-2)21-20(32-3)19(22(34-21,23(25,26)27)24(28,29)30)11-9-7-6-8-10-17-12-14-18(15-13-17)33(4)5/h6-15H,1,4-5H3. The molecule has 0 radical (unpaired) electrons. The Kier molecular flexibility index (Phi) is 7.68. The van der Waals surface area contributed by atoms with E-state index in [-0.39, 0.29) is 0 Å². The molecule has 178 valence electrons. The summed E-state index contributed by atoms with van der Waals surface area (Å²) >= 11 is 0. The molecule has 1 aliphatic heterocycles. The highest BCUT2D eigenvalue weighted by molar-refractivity contribution is 5.57. The molecule has 0 amide bonds. The summed E-state index contributed by atoms with van der Waals surface area (Å²) in [7, 11) is 3.77. The molecule has 10 heteroatoms. The van der Waals surface area contributed by atoms with E-state index in [9.17, 15) is 26.3 Å². The summed E-state index contributed by atoms with van der Waals surface area (Å²) in [4.78, 5) is 7.58. The minimum atomic E-state index is -5.94. The third kappa shape index (κ3) is 5.01. The van der Waals surface area contributed by atoms with E-state index in [1.165, 1.54) is 12.2 Å². The number of allylic oxidation sites excluding steroid dienone is 5. The summed E-state index contributed by atoms with van der Waals surface area (Å²) in [6.07, 6.45) is -4.50. The van der Waals surface area contributed by atoms with Gasteiger partial charge in [-0.3, -0.25) is 0 Å². The van der Waals surface area contributed by atoms with Crippen molar-refractivity contribution in [2.24, 2.45) is 0 Å². The van der Waals surface area contributed by atoms with Gasteiger partial charge in [0.25, 0.3) is 0 Å². The van der Waals surface area contributed by atoms with Crippen LogP contribution in [0.2, 0.25) is 0 Å². The van der Waals surface area contributed by atoms with Crippen molar-refractivity contribution in [2.75, 3.05) is 19.0 Å². The van der Waals surface area contributed by atoms with Crippen molar-refractivity contribution in [1.82, 2.24) is 0 Å². The normalized spacial score (nSPS) is 17.9. The molecule has 1 aromatic carbocycles. The second kappa shape index (κ2) is 9.92. The van der Waals surface area contributed by atoms with Crippen molar-refractivity contribution in [3.63, 3.8) is 0 Å². The average Bonchev–Trinajstić information content (AvgIpc) is 3.11. The molecule has 1 heterocycles. The zero-order valence-corrected chi connectivity index (χ0v) is 18.3. The number of benzene rings is 1. The van der Waals surface area contributed by atoms with Gasteiger partial charge in [0.15, 0.2) is 5.70 Å². The maximum absolute atomic E-state index is 13.8. The van der Waals surface area contributed by atoms with E-state index in [4.69, 9.17) is 13.1 Å². The fourth-order valence-electron chi connectivity index (χ4n) is 3.06. The number of halogens is 6. The lowest BCUT2D eigenvalue weighted by Gasteiger charge is -2.35. The third-order valence-electron chi connectivity index (χ3n) is 4.81. The van der Waals surface area contributed by atoms with Crippen LogP contribution < -0.4 is 4.90 Å². The molecule has 0 N–H and O–H groups in total. The molecule has 0 spiro atoms. The van der Waals surface area contributed by atoms with E-state index >= 15 is 0 Å². The van der Waals surface area contributed by atoms with Gasteiger partial charge in [0.1, 0.15) is 5.76 Å². The van der Waals surface area contributed by atoms with Crippen molar-refractivity contribution >= 4 is 11.8 Å². The number of hydrogen-bond donors (Lipinski definition) is 0. The van der Waals surface area contributed by atoms with Gasteiger partial charge < -0.3 is 9.64 Å². The van der Waals surface area contributed by atoms with Gasteiger partial charge in [-0.1, -0.05) is 48.6 Å². The number of anilines is 1. The van der Waals surface area contributed by atoms with E-state index < -0.39 is 40.7 Å². The van der Waals surface area contributed by atoms with Crippen molar-refractivity contribution in [3.05, 3.63) is 106 Å². The van der Waals surface area contributed by atoms with Gasteiger partial charge in [0.2, 0.25) is 5.70 Å². The second-order valence-corrected chi connectivity index (χ2v) is 7.27. The maximum Gasteiger partial charge on any atom is 0.440 e. The first kappa shape index (κ1) is 26.3. The molecule has 1 aliphatic rings. The molecule has 0 fully saturated rings. The predicted molar refractivity (Wildman–Crippen MR) is 117 cm³/mol. The lowest BCUT2D eigenvalue weighted by atomic mass is 9.91. The zero-order chi connectivity index (χ0) is 25.7. The molecule has 2 rings (SSSR count). The number of alkyl halides is 6. The van der Waals surface area contributed by atoms with Crippen LogP contribution in [0.4, 0.5) is 32.0 Å². The van der Waals surface area contributed by atoms with Gasteiger partial charge >= 0.3 is 18.0 Å². The van der Waals surface area contributed by atoms with Crippen LogP contribution in [-0.4, -0.2) is 32.0 Å². The van der Waals surface area contributed by atoms with Crippen LogP contribution in [0.5, 0.6) is 0 Å². The highest BCUT2D eigenvalue weighted by atomic mass is 19.4. The average molecular weight is 479 g/mol. The molecule has 34 heavy (non-hydrogen) atoms. The molecule has 0 aliphatic carbocycles. The summed E-state index contributed by atoms with van der Waals surface area (Å²) in [5.41, 5.74) is -5.96. The highest BCUT2D eigenvalue weighted by Gasteiger charge is 2.77. The van der Waals surface area contributed by atoms with Crippen LogP contribution in [0.15, 0.2) is 77.4 Å². The smallest absolute Gasteiger partial charge is 0.440 e. The van der Waals surface area contributed by atoms with Crippen molar-refractivity contribution in [3.8, 4) is 0 Å². The molecular weight excluding hydrogens is 460 g/mol. The first-order valence-electron chi connectivity index (χ1n) is 9.62. The Morgan fingerprint density at radius 3 is 1.88 bits per heavy atom. The SMILES string of the molecule is [C-]#[N+]C(C)=C1OC(C(F)(F)F)(C(F)(F)F)C(C=CC=CC=Cc2ccc(N(C)C)cc2)=C1[N+]#[C-]. The van der Waals surface area contributed by atoms with Gasteiger partial charge in [0.05, 0.1) is 13.1 Å². The van der Waals surface area contributed by atoms with Gasteiger partial charge in [-0.25, -0.2) is 9.69 Å². The molecule has 0 unspecified atom stereocenters. The number of ether oxygens (including phenoxy) is 1. The topological polar surface area (TPSA) is 21.2 Å². The molecule has 1 aromatic rings. The van der Waals surface area contributed by atoms with Crippen LogP contribution >= 0.6 is 0 Å². The summed E-state index contributed by atoms with van der Waals surface area (Å²) in [6, 6.07) is 7.44. The van der Waals surface area contributed by atoms with Crippen LogP contribution in [0.3, 0.4) is 0 Å². The molecule has 0 saturated carbocycles. The Morgan fingerprint density at radius 1 is 0.912 bits per heavy atom. The Balaban J connectivity index is 2.44. The first-order chi connectivity index (χ1) is 15.8. The monoisotopic (exact) mass is 479 g/mol. The van der Waals surface area contributed by atoms with E-state index in [0.717, 1.165) is 24.3 Å². The Hall–Kier alpha value is -3.92. The largest absolute Gasteiger partial charge is 0.489 e. The molecular formula is C24H19F6N3O. The van der Waals surface area contributed by atoms with Crippen LogP contribution in [0.1, 0.15) is 12.5 Å². The fraction of sp³-hybridized carbons (Fsp3) is 0.250. The molecule has 0 saturated heterocycles. The summed E-state index contributed by atoms with van der Waals surface area (Å²) < 4.78 is 86.9. The predicted octanol–water partition coefficient (Wildman–Crippen LogP) is 7.10. The third-order valence-corrected chi connectivity index (χ3v) is 4.81. The quantitative estimate of drug-likeness (QED) is 0.255. The van der Waals surface area contributed by atoms with Crippen LogP contribution in [0, 0.1) is 13.1 Å². The summed E-state index contributed by atoms with van der Waals surface area (Å²) in [6.45, 7) is 15.1. The molecule has 0 aromatic heterocycles. The van der Waals surface area contributed by atoms with Crippen molar-refractivity contribution < 1.29 is 31.1 Å². The highest BCUT2D eigenvalue weighted by Crippen LogP contribution is 2.57. The molecule has 0 atom stereocenters. The zero-order valence-electron chi connectivity index (χ0n) is 18.3. The van der Waals surface area contributed by atoms with Crippen LogP contribution in [-0.2, 0) is 4.74 Å². The summed E-state index contributed by atoms with van der Waals surface area (Å²) in [5, 5.41) is 0. The van der Waals surface area contributed by atoms with E-state index in [1.54, 1.807) is 12.2 Å². The van der Waals surface area contributed by atoms with Gasteiger partial charge in [-0.15, -0.1) is 0 Å². The minimum absolute atomic E-state index is 0.537. The Morgan fingerprint density at radius 2 is 1.44 bits per heavy atom. The first-order valence-corrected chi connectivity index (χ1v) is 9.62. The van der Waals surface area contributed by atoms with Gasteiger partial charge in [-0.2, -0.15) is 26.3 Å². The fourth-order valence-corrected chi connectivity index (χ4v) is 3.06. The summed E-state index contributed by atoms with van der Waals surface area (Å²) in [5.74, 6) is -1.04. The Bertz CT molecular complexity index is 1140. The van der Waals surface area contributed by atoms with Crippen molar-refractivity contribution in [1.29, 1.82) is 0 Å². The van der Waals surface area contributed by atoms with E-state index in [1.807, 2.05) is 43.3 Å². The number of rotatable bonds is 5.